The summed E-state index contributed by atoms with van der Waals surface area (Å²) in [6.07, 6.45) is 2.39. The maximum Gasteiger partial charge on any atom is 0.274 e. The van der Waals surface area contributed by atoms with Crippen LogP contribution >= 0.6 is 0 Å². The highest BCUT2D eigenvalue weighted by atomic mass is 19.1. The predicted octanol–water partition coefficient (Wildman–Crippen LogP) is 2.03. The second-order valence-electron chi connectivity index (χ2n) is 7.08. The quantitative estimate of drug-likeness (QED) is 0.743. The number of likely N-dealkylation sites (N-methyl/N-ethyl adjacent to an activating group) is 1. The minimum atomic E-state index is -0.391. The van der Waals surface area contributed by atoms with E-state index in [9.17, 15) is 14.0 Å². The zero-order valence-corrected chi connectivity index (χ0v) is 17.1. The highest BCUT2D eigenvalue weighted by molar-refractivity contribution is 5.92. The van der Waals surface area contributed by atoms with E-state index in [-0.39, 0.29) is 11.8 Å². The number of halogens is 1. The number of carbonyl (C=O) groups is 2. The lowest BCUT2D eigenvalue weighted by molar-refractivity contribution is -0.132. The summed E-state index contributed by atoms with van der Waals surface area (Å²) in [5, 5.41) is 4.27. The highest BCUT2D eigenvalue weighted by Crippen LogP contribution is 2.14. The summed E-state index contributed by atoms with van der Waals surface area (Å²) in [7, 11) is 0. The van der Waals surface area contributed by atoms with Crippen molar-refractivity contribution >= 4 is 11.8 Å². The van der Waals surface area contributed by atoms with Crippen LogP contribution in [0.1, 0.15) is 30.8 Å². The number of amides is 2. The Morgan fingerprint density at radius 2 is 1.83 bits per heavy atom. The molecule has 0 atom stereocenters. The fraction of sp³-hybridized carbons (Fsp3) is 0.476. The van der Waals surface area contributed by atoms with E-state index in [1.165, 1.54) is 10.7 Å². The topological polar surface area (TPSA) is 61.7 Å². The van der Waals surface area contributed by atoms with E-state index < -0.39 is 5.82 Å². The summed E-state index contributed by atoms with van der Waals surface area (Å²) in [5.41, 5.74) is 0.601. The molecule has 7 nitrogen and oxygen atoms in total. The van der Waals surface area contributed by atoms with Crippen LogP contribution in [0.5, 0.6) is 0 Å². The number of hydrogen-bond donors (Lipinski definition) is 0. The summed E-state index contributed by atoms with van der Waals surface area (Å²) in [6, 6.07) is 7.93. The maximum atomic E-state index is 14.0. The summed E-state index contributed by atoms with van der Waals surface area (Å²) in [5.74, 6) is -0.437. The van der Waals surface area contributed by atoms with Crippen LogP contribution in [0.4, 0.5) is 4.39 Å². The maximum absolute atomic E-state index is 14.0. The van der Waals surface area contributed by atoms with Gasteiger partial charge in [-0.2, -0.15) is 5.10 Å². The van der Waals surface area contributed by atoms with Gasteiger partial charge in [-0.1, -0.05) is 12.1 Å². The molecular weight excluding hydrogens is 373 g/mol. The average molecular weight is 401 g/mol. The first-order valence-electron chi connectivity index (χ1n) is 10.1. The molecule has 156 valence electrons. The van der Waals surface area contributed by atoms with Gasteiger partial charge in [0.1, 0.15) is 11.5 Å². The summed E-state index contributed by atoms with van der Waals surface area (Å²) in [4.78, 5) is 30.9. The molecule has 2 aromatic rings. The lowest BCUT2D eigenvalue weighted by Gasteiger charge is -2.25. The van der Waals surface area contributed by atoms with Gasteiger partial charge in [0.15, 0.2) is 5.69 Å². The Morgan fingerprint density at radius 1 is 1.07 bits per heavy atom. The van der Waals surface area contributed by atoms with Crippen LogP contribution in [-0.2, 0) is 4.79 Å². The van der Waals surface area contributed by atoms with Crippen molar-refractivity contribution < 1.29 is 14.0 Å². The monoisotopic (exact) mass is 401 g/mol. The largest absolute Gasteiger partial charge is 0.342 e. The van der Waals surface area contributed by atoms with Crippen molar-refractivity contribution in [1.82, 2.24) is 24.5 Å². The second kappa shape index (κ2) is 9.65. The second-order valence-corrected chi connectivity index (χ2v) is 7.08. The predicted molar refractivity (Wildman–Crippen MR) is 108 cm³/mol. The third kappa shape index (κ3) is 5.00. The van der Waals surface area contributed by atoms with E-state index in [1.54, 1.807) is 35.4 Å². The number of rotatable bonds is 6. The van der Waals surface area contributed by atoms with Crippen molar-refractivity contribution in [2.75, 3.05) is 45.8 Å². The van der Waals surface area contributed by atoms with Gasteiger partial charge in [-0.25, -0.2) is 9.07 Å². The Bertz CT molecular complexity index is 849. The van der Waals surface area contributed by atoms with Gasteiger partial charge in [0.05, 0.1) is 6.54 Å². The summed E-state index contributed by atoms with van der Waals surface area (Å²) < 4.78 is 15.3. The van der Waals surface area contributed by atoms with Crippen LogP contribution in [0.3, 0.4) is 0 Å². The number of carbonyl (C=O) groups excluding carboxylic acids is 2. The molecule has 1 aliphatic rings. The molecular formula is C21H28FN5O2. The molecule has 1 aromatic heterocycles. The first-order valence-corrected chi connectivity index (χ1v) is 10.1. The average Bonchev–Trinajstić information content (AvgIpc) is 3.09. The van der Waals surface area contributed by atoms with Crippen molar-refractivity contribution in [3.63, 3.8) is 0 Å². The standard InChI is InChI=1S/C21H28FN5O2/c1-3-25(4-2)20(28)16-24-11-7-12-26(15-14-24)21(29)18-10-13-27(23-18)19-9-6-5-8-17(19)22/h5-6,8-10,13H,3-4,7,11-12,14-16H2,1-2H3. The molecule has 0 unspecified atom stereocenters. The third-order valence-electron chi connectivity index (χ3n) is 5.26. The zero-order chi connectivity index (χ0) is 20.8. The molecule has 1 saturated heterocycles. The minimum absolute atomic E-state index is 0.124. The number of hydrogen-bond acceptors (Lipinski definition) is 4. The van der Waals surface area contributed by atoms with E-state index in [2.05, 4.69) is 10.00 Å². The zero-order valence-electron chi connectivity index (χ0n) is 17.1. The van der Waals surface area contributed by atoms with E-state index in [0.29, 0.717) is 50.6 Å². The Hall–Kier alpha value is -2.74. The van der Waals surface area contributed by atoms with Crippen molar-refractivity contribution in [3.05, 3.63) is 48.0 Å². The molecule has 2 heterocycles. The normalized spacial score (nSPS) is 15.2. The van der Waals surface area contributed by atoms with E-state index in [4.69, 9.17) is 0 Å². The molecule has 1 fully saturated rings. The van der Waals surface area contributed by atoms with Gasteiger partial charge in [-0.05, 0) is 38.5 Å². The fourth-order valence-corrected chi connectivity index (χ4v) is 3.57. The molecule has 3 rings (SSSR count). The number of nitrogens with zero attached hydrogens (tertiary/aromatic N) is 5. The number of para-hydroxylation sites is 1. The van der Waals surface area contributed by atoms with Gasteiger partial charge in [-0.15, -0.1) is 0 Å². The van der Waals surface area contributed by atoms with Gasteiger partial charge in [0, 0.05) is 45.5 Å². The summed E-state index contributed by atoms with van der Waals surface area (Å²) in [6.45, 7) is 8.32. The lowest BCUT2D eigenvalue weighted by Crippen LogP contribution is -2.42. The molecule has 1 aromatic carbocycles. The van der Waals surface area contributed by atoms with Crippen molar-refractivity contribution in [3.8, 4) is 5.69 Å². The van der Waals surface area contributed by atoms with Crippen LogP contribution in [-0.4, -0.2) is 82.1 Å². The van der Waals surface area contributed by atoms with Gasteiger partial charge in [-0.3, -0.25) is 14.5 Å². The van der Waals surface area contributed by atoms with Crippen molar-refractivity contribution in [2.24, 2.45) is 0 Å². The van der Waals surface area contributed by atoms with Crippen molar-refractivity contribution in [1.29, 1.82) is 0 Å². The van der Waals surface area contributed by atoms with Crippen LogP contribution in [0.15, 0.2) is 36.5 Å². The highest BCUT2D eigenvalue weighted by Gasteiger charge is 2.24. The molecule has 0 N–H and O–H groups in total. The first-order chi connectivity index (χ1) is 14.0. The number of benzene rings is 1. The molecule has 8 heteroatoms. The molecule has 0 radical (unpaired) electrons. The Kier molecular flexibility index (Phi) is 6.98. The fourth-order valence-electron chi connectivity index (χ4n) is 3.57. The van der Waals surface area contributed by atoms with E-state index >= 15 is 0 Å². The molecule has 2 amide bonds. The van der Waals surface area contributed by atoms with Crippen LogP contribution < -0.4 is 0 Å². The van der Waals surface area contributed by atoms with Crippen LogP contribution in [0.25, 0.3) is 5.69 Å². The minimum Gasteiger partial charge on any atom is -0.342 e. The van der Waals surface area contributed by atoms with Gasteiger partial charge in [0.2, 0.25) is 5.91 Å². The molecule has 0 bridgehead atoms. The smallest absolute Gasteiger partial charge is 0.274 e. The van der Waals surface area contributed by atoms with Gasteiger partial charge >= 0.3 is 0 Å². The van der Waals surface area contributed by atoms with Gasteiger partial charge < -0.3 is 9.80 Å². The van der Waals surface area contributed by atoms with Crippen LogP contribution in [0.2, 0.25) is 0 Å². The van der Waals surface area contributed by atoms with Crippen LogP contribution in [0, 0.1) is 5.82 Å². The first kappa shape index (κ1) is 21.0. The molecule has 0 aliphatic carbocycles. The Balaban J connectivity index is 1.61. The third-order valence-corrected chi connectivity index (χ3v) is 5.26. The Morgan fingerprint density at radius 3 is 2.55 bits per heavy atom. The lowest BCUT2D eigenvalue weighted by atomic mass is 10.3. The molecule has 29 heavy (non-hydrogen) atoms. The molecule has 0 spiro atoms. The van der Waals surface area contributed by atoms with Crippen molar-refractivity contribution in [2.45, 2.75) is 20.3 Å². The van der Waals surface area contributed by atoms with E-state index in [0.717, 1.165) is 13.0 Å². The molecule has 0 saturated carbocycles. The summed E-state index contributed by atoms with van der Waals surface area (Å²) >= 11 is 0. The molecule has 1 aliphatic heterocycles. The number of aromatic nitrogens is 2. The SMILES string of the molecule is CCN(CC)C(=O)CN1CCCN(C(=O)c2ccn(-c3ccccc3F)n2)CC1. The van der Waals surface area contributed by atoms with Gasteiger partial charge in [0.25, 0.3) is 5.91 Å². The Labute approximate surface area is 170 Å². The van der Waals surface area contributed by atoms with E-state index in [1.807, 2.05) is 18.7 Å².